The van der Waals surface area contributed by atoms with Gasteiger partial charge in [0, 0.05) is 16.6 Å². The number of hydrogen-bond acceptors (Lipinski definition) is 2. The van der Waals surface area contributed by atoms with Crippen molar-refractivity contribution in [2.75, 3.05) is 0 Å². The van der Waals surface area contributed by atoms with Gasteiger partial charge in [0.25, 0.3) is 0 Å². The van der Waals surface area contributed by atoms with Crippen LogP contribution in [0.2, 0.25) is 0 Å². The third kappa shape index (κ3) is 7.36. The van der Waals surface area contributed by atoms with E-state index in [9.17, 15) is 9.59 Å². The van der Waals surface area contributed by atoms with Gasteiger partial charge in [-0.3, -0.25) is 9.59 Å². The Morgan fingerprint density at radius 1 is 0.550 bits per heavy atom. The number of allylic oxidation sites excluding steroid dienone is 4. The highest BCUT2D eigenvalue weighted by Gasteiger charge is 2.35. The molecule has 1 aliphatic carbocycles. The van der Waals surface area contributed by atoms with Crippen LogP contribution in [0.5, 0.6) is 0 Å². The molecule has 2 heteroatoms. The van der Waals surface area contributed by atoms with Crippen LogP contribution in [-0.4, -0.2) is 11.6 Å². The van der Waals surface area contributed by atoms with Crippen LogP contribution in [-0.2, 0) is 15.0 Å². The van der Waals surface area contributed by atoms with Crippen molar-refractivity contribution >= 4 is 11.6 Å². The van der Waals surface area contributed by atoms with Crippen molar-refractivity contribution < 1.29 is 9.59 Å². The summed E-state index contributed by atoms with van der Waals surface area (Å²) in [7, 11) is 0. The Morgan fingerprint density at radius 2 is 0.975 bits per heavy atom. The molecule has 0 aliphatic heterocycles. The van der Waals surface area contributed by atoms with Gasteiger partial charge in [-0.15, -0.1) is 0 Å². The molecule has 0 unspecified atom stereocenters. The fourth-order valence-electron chi connectivity index (χ4n) is 6.16. The van der Waals surface area contributed by atoms with E-state index >= 15 is 0 Å². The number of hydrogen-bond donors (Lipinski definition) is 0. The zero-order valence-electron chi connectivity index (χ0n) is 24.3. The summed E-state index contributed by atoms with van der Waals surface area (Å²) in [5, 5.41) is 0. The number of carbonyl (C=O) groups excluding carboxylic acids is 2. The minimum absolute atomic E-state index is 0.0332. The second kappa shape index (κ2) is 14.7. The number of benzene rings is 3. The number of carbonyl (C=O) groups is 2. The van der Waals surface area contributed by atoms with Crippen LogP contribution in [0.25, 0.3) is 0 Å². The van der Waals surface area contributed by atoms with E-state index in [1.54, 1.807) is 6.08 Å². The van der Waals surface area contributed by atoms with Crippen molar-refractivity contribution in [3.05, 3.63) is 131 Å². The second-order valence-corrected chi connectivity index (χ2v) is 11.5. The van der Waals surface area contributed by atoms with Gasteiger partial charge in [0.05, 0.1) is 0 Å². The van der Waals surface area contributed by atoms with Crippen molar-refractivity contribution in [3.63, 3.8) is 0 Å². The van der Waals surface area contributed by atoms with Crippen LogP contribution in [0.15, 0.2) is 114 Å². The van der Waals surface area contributed by atoms with E-state index < -0.39 is 0 Å². The Balaban J connectivity index is 1.25. The van der Waals surface area contributed by atoms with Crippen molar-refractivity contribution in [1.82, 2.24) is 0 Å². The summed E-state index contributed by atoms with van der Waals surface area (Å²) in [6, 6.07) is 33.0. The summed E-state index contributed by atoms with van der Waals surface area (Å²) in [5.74, 6) is 0.139. The van der Waals surface area contributed by atoms with Gasteiger partial charge in [-0.1, -0.05) is 150 Å². The van der Waals surface area contributed by atoms with E-state index in [2.05, 4.69) is 91.0 Å². The van der Waals surface area contributed by atoms with Gasteiger partial charge in [0.2, 0.25) is 0 Å². The molecule has 208 valence electrons. The molecule has 1 aliphatic rings. The van der Waals surface area contributed by atoms with Gasteiger partial charge < -0.3 is 0 Å². The molecule has 4 rings (SSSR count). The predicted octanol–water partition coefficient (Wildman–Crippen LogP) is 9.58. The zero-order valence-corrected chi connectivity index (χ0v) is 24.3. The standard InChI is InChI=1S/C38H44O2/c1-30(2)36-29-35(39)28-31(37(36)40)20-12-7-5-3-4-6-8-19-27-38(32-21-13-9-14-22-32,33-23-15-10-16-24-33)34-25-17-11-18-26-34/h9-11,13-18,21-26,28-30H,3-8,12,19-20,27H2,1-2H3. The van der Waals surface area contributed by atoms with Gasteiger partial charge >= 0.3 is 0 Å². The lowest BCUT2D eigenvalue weighted by atomic mass is 9.66. The molecule has 0 amide bonds. The maximum absolute atomic E-state index is 12.6. The summed E-state index contributed by atoms with van der Waals surface area (Å²) >= 11 is 0. The van der Waals surface area contributed by atoms with Crippen molar-refractivity contribution in [1.29, 1.82) is 0 Å². The number of rotatable bonds is 15. The largest absolute Gasteiger partial charge is 0.290 e. The summed E-state index contributed by atoms with van der Waals surface area (Å²) in [4.78, 5) is 24.6. The first-order chi connectivity index (χ1) is 19.5. The molecule has 3 aromatic carbocycles. The topological polar surface area (TPSA) is 34.1 Å². The summed E-state index contributed by atoms with van der Waals surface area (Å²) in [6.45, 7) is 3.95. The monoisotopic (exact) mass is 532 g/mol. The van der Waals surface area contributed by atoms with Gasteiger partial charge in [-0.25, -0.2) is 0 Å². The molecule has 0 atom stereocenters. The second-order valence-electron chi connectivity index (χ2n) is 11.5. The summed E-state index contributed by atoms with van der Waals surface area (Å²) < 4.78 is 0. The third-order valence-corrected chi connectivity index (χ3v) is 8.34. The SMILES string of the molecule is CC(C)C1=CC(=O)C=C(CCCCCCCCCCC(c2ccccc2)(c2ccccc2)c2ccccc2)C1=O. The fourth-order valence-corrected chi connectivity index (χ4v) is 6.16. The van der Waals surface area contributed by atoms with Gasteiger partial charge in [0.15, 0.2) is 11.6 Å². The van der Waals surface area contributed by atoms with E-state index in [4.69, 9.17) is 0 Å². The van der Waals surface area contributed by atoms with E-state index in [1.807, 2.05) is 13.8 Å². The molecular weight excluding hydrogens is 488 g/mol. The van der Waals surface area contributed by atoms with Crippen LogP contribution in [0.3, 0.4) is 0 Å². The average Bonchev–Trinajstić information content (AvgIpc) is 2.99. The average molecular weight is 533 g/mol. The molecule has 0 bridgehead atoms. The molecule has 40 heavy (non-hydrogen) atoms. The van der Waals surface area contributed by atoms with Crippen LogP contribution in [0.1, 0.15) is 94.7 Å². The lowest BCUT2D eigenvalue weighted by Crippen LogP contribution is -2.29. The normalized spacial score (nSPS) is 13.9. The quantitative estimate of drug-likeness (QED) is 0.111. The Bertz CT molecular complexity index is 1190. The summed E-state index contributed by atoms with van der Waals surface area (Å²) in [5.41, 5.74) is 5.29. The molecule has 2 nitrogen and oxygen atoms in total. The molecule has 0 radical (unpaired) electrons. The number of Topliss-reactive ketones (excluding diaryl/α,β-unsaturated/α-hetero) is 1. The van der Waals surface area contributed by atoms with Crippen LogP contribution >= 0.6 is 0 Å². The van der Waals surface area contributed by atoms with E-state index in [-0.39, 0.29) is 22.9 Å². The maximum atomic E-state index is 12.6. The van der Waals surface area contributed by atoms with E-state index in [0.717, 1.165) is 25.7 Å². The van der Waals surface area contributed by atoms with Crippen molar-refractivity contribution in [3.8, 4) is 0 Å². The molecule has 0 fully saturated rings. The zero-order chi connectivity index (χ0) is 28.2. The lowest BCUT2D eigenvalue weighted by Gasteiger charge is -2.36. The highest BCUT2D eigenvalue weighted by molar-refractivity contribution is 6.20. The van der Waals surface area contributed by atoms with Gasteiger partial charge in [-0.2, -0.15) is 0 Å². The summed E-state index contributed by atoms with van der Waals surface area (Å²) in [6.07, 6.45) is 14.3. The van der Waals surface area contributed by atoms with Crippen molar-refractivity contribution in [2.45, 2.75) is 83.5 Å². The van der Waals surface area contributed by atoms with E-state index in [1.165, 1.54) is 61.3 Å². The Labute approximate surface area is 241 Å². The predicted molar refractivity (Wildman–Crippen MR) is 166 cm³/mol. The van der Waals surface area contributed by atoms with Crippen LogP contribution in [0, 0.1) is 5.92 Å². The maximum Gasteiger partial charge on any atom is 0.185 e. The number of ketones is 2. The van der Waals surface area contributed by atoms with Crippen molar-refractivity contribution in [2.24, 2.45) is 5.92 Å². The molecule has 0 aromatic heterocycles. The molecule has 0 spiro atoms. The van der Waals surface area contributed by atoms with Crippen LogP contribution < -0.4 is 0 Å². The Hall–Kier alpha value is -3.52. The fraction of sp³-hybridized carbons (Fsp3) is 0.368. The first-order valence-corrected chi connectivity index (χ1v) is 15.2. The lowest BCUT2D eigenvalue weighted by molar-refractivity contribution is -0.115. The minimum atomic E-state index is -0.152. The smallest absolute Gasteiger partial charge is 0.185 e. The number of unbranched alkanes of at least 4 members (excludes halogenated alkanes) is 7. The third-order valence-electron chi connectivity index (χ3n) is 8.34. The highest BCUT2D eigenvalue weighted by atomic mass is 16.1. The van der Waals surface area contributed by atoms with Gasteiger partial charge in [0.1, 0.15) is 0 Å². The van der Waals surface area contributed by atoms with Crippen LogP contribution in [0.4, 0.5) is 0 Å². The minimum Gasteiger partial charge on any atom is -0.290 e. The molecule has 0 heterocycles. The molecule has 3 aromatic rings. The first kappa shape index (κ1) is 29.5. The molecular formula is C38H44O2. The molecule has 0 saturated heterocycles. The highest BCUT2D eigenvalue weighted by Crippen LogP contribution is 2.43. The van der Waals surface area contributed by atoms with E-state index in [0.29, 0.717) is 11.1 Å². The van der Waals surface area contributed by atoms with Gasteiger partial charge in [-0.05, 0) is 54.0 Å². The first-order valence-electron chi connectivity index (χ1n) is 15.2. The Kier molecular flexibility index (Phi) is 10.9. The Morgan fingerprint density at radius 3 is 1.43 bits per heavy atom. The molecule has 0 saturated carbocycles. The molecule has 0 N–H and O–H groups in total.